The highest BCUT2D eigenvalue weighted by atomic mass is 19.1. The molecular weight excluding hydrogens is 421 g/mol. The summed E-state index contributed by atoms with van der Waals surface area (Å²) in [7, 11) is 0. The zero-order valence-electron chi connectivity index (χ0n) is 19.4. The third kappa shape index (κ3) is 5.06. The minimum atomic E-state index is -0.233. The van der Waals surface area contributed by atoms with Crippen molar-refractivity contribution in [1.29, 1.82) is 0 Å². The Balaban J connectivity index is 1.38. The van der Waals surface area contributed by atoms with E-state index < -0.39 is 0 Å². The molecular formula is C24H36FN7O. The monoisotopic (exact) mass is 457 g/mol. The molecule has 3 unspecified atom stereocenters. The molecule has 3 aliphatic heterocycles. The Kier molecular flexibility index (Phi) is 6.91. The van der Waals surface area contributed by atoms with Gasteiger partial charge in [-0.25, -0.2) is 10.4 Å². The van der Waals surface area contributed by atoms with Crippen LogP contribution in [0.1, 0.15) is 51.1 Å². The van der Waals surface area contributed by atoms with E-state index in [2.05, 4.69) is 39.4 Å². The van der Waals surface area contributed by atoms with Crippen molar-refractivity contribution in [3.05, 3.63) is 23.9 Å². The lowest BCUT2D eigenvalue weighted by atomic mass is 9.97. The Hall–Kier alpha value is -2.07. The van der Waals surface area contributed by atoms with Crippen LogP contribution in [0.4, 0.5) is 16.0 Å². The molecule has 3 saturated heterocycles. The molecule has 0 radical (unpaired) electrons. The Morgan fingerprint density at radius 2 is 1.94 bits per heavy atom. The molecule has 3 aliphatic rings. The number of anilines is 2. The molecule has 180 valence electrons. The third-order valence-corrected chi connectivity index (χ3v) is 7.30. The average Bonchev–Trinajstić information content (AvgIpc) is 3.31. The van der Waals surface area contributed by atoms with Crippen LogP contribution in [0.2, 0.25) is 0 Å². The topological polar surface area (TPSA) is 97.4 Å². The third-order valence-electron chi connectivity index (χ3n) is 7.30. The van der Waals surface area contributed by atoms with Crippen LogP contribution in [0.3, 0.4) is 0 Å². The Bertz CT molecular complexity index is 946. The second-order valence-electron chi connectivity index (χ2n) is 9.80. The van der Waals surface area contributed by atoms with Crippen LogP contribution in [0.25, 0.3) is 10.9 Å². The Labute approximate surface area is 194 Å². The second-order valence-corrected chi connectivity index (χ2v) is 9.80. The molecule has 33 heavy (non-hydrogen) atoms. The number of aliphatic hydroxyl groups is 1. The fourth-order valence-electron chi connectivity index (χ4n) is 5.79. The van der Waals surface area contributed by atoms with E-state index in [0.29, 0.717) is 37.0 Å². The molecule has 0 aliphatic carbocycles. The van der Waals surface area contributed by atoms with Gasteiger partial charge < -0.3 is 15.7 Å². The number of alkyl halides is 1. The summed E-state index contributed by atoms with van der Waals surface area (Å²) >= 11 is 0. The summed E-state index contributed by atoms with van der Waals surface area (Å²) in [5.41, 5.74) is 8.27. The van der Waals surface area contributed by atoms with E-state index in [-0.39, 0.29) is 19.4 Å². The molecule has 5 rings (SSSR count). The summed E-state index contributed by atoms with van der Waals surface area (Å²) in [5, 5.41) is 17.6. The summed E-state index contributed by atoms with van der Waals surface area (Å²) in [5.74, 6) is 1.65. The van der Waals surface area contributed by atoms with Crippen LogP contribution < -0.4 is 21.5 Å². The van der Waals surface area contributed by atoms with Gasteiger partial charge in [0.2, 0.25) is 0 Å². The minimum Gasteiger partial charge on any atom is -0.396 e. The van der Waals surface area contributed by atoms with E-state index in [1.54, 1.807) is 0 Å². The van der Waals surface area contributed by atoms with E-state index in [1.807, 2.05) is 12.1 Å². The largest absolute Gasteiger partial charge is 0.396 e. The first-order valence-electron chi connectivity index (χ1n) is 12.4. The Morgan fingerprint density at radius 1 is 1.12 bits per heavy atom. The number of halogens is 1. The van der Waals surface area contributed by atoms with E-state index in [1.165, 1.54) is 12.8 Å². The summed E-state index contributed by atoms with van der Waals surface area (Å²) < 4.78 is 12.7. The van der Waals surface area contributed by atoms with E-state index in [4.69, 9.17) is 9.97 Å². The number of aliphatic hydroxyl groups excluding tert-OH is 1. The van der Waals surface area contributed by atoms with Gasteiger partial charge in [0, 0.05) is 60.9 Å². The lowest BCUT2D eigenvalue weighted by Gasteiger charge is -2.39. The van der Waals surface area contributed by atoms with Crippen molar-refractivity contribution in [3.8, 4) is 0 Å². The van der Waals surface area contributed by atoms with Crippen LogP contribution in [-0.2, 0) is 6.42 Å². The smallest absolute Gasteiger partial charge is 0.138 e. The number of aromatic nitrogens is 2. The maximum absolute atomic E-state index is 12.7. The maximum Gasteiger partial charge on any atom is 0.138 e. The van der Waals surface area contributed by atoms with Crippen LogP contribution in [-0.4, -0.2) is 70.1 Å². The van der Waals surface area contributed by atoms with Crippen LogP contribution in [0.5, 0.6) is 0 Å². The molecule has 0 spiro atoms. The van der Waals surface area contributed by atoms with Gasteiger partial charge >= 0.3 is 0 Å². The van der Waals surface area contributed by atoms with Gasteiger partial charge in [0.05, 0.1) is 18.4 Å². The molecule has 2 bridgehead atoms. The molecule has 2 aromatic rings. The molecule has 0 aromatic carbocycles. The highest BCUT2D eigenvalue weighted by Crippen LogP contribution is 2.37. The van der Waals surface area contributed by atoms with Crippen molar-refractivity contribution >= 4 is 22.5 Å². The van der Waals surface area contributed by atoms with Crippen LogP contribution in [0, 0.1) is 0 Å². The van der Waals surface area contributed by atoms with Crippen molar-refractivity contribution in [1.82, 2.24) is 25.7 Å². The number of pyridine rings is 2. The van der Waals surface area contributed by atoms with E-state index in [9.17, 15) is 9.50 Å². The molecule has 8 nitrogen and oxygen atoms in total. The normalized spacial score (nSPS) is 29.6. The molecule has 5 atom stereocenters. The predicted octanol–water partition coefficient (Wildman–Crippen LogP) is 2.56. The van der Waals surface area contributed by atoms with Crippen LogP contribution >= 0.6 is 0 Å². The van der Waals surface area contributed by atoms with Crippen molar-refractivity contribution in [2.45, 2.75) is 82.2 Å². The molecule has 9 heteroatoms. The predicted molar refractivity (Wildman–Crippen MR) is 129 cm³/mol. The van der Waals surface area contributed by atoms with Crippen molar-refractivity contribution in [2.24, 2.45) is 0 Å². The van der Waals surface area contributed by atoms with Crippen molar-refractivity contribution < 1.29 is 9.50 Å². The van der Waals surface area contributed by atoms with Crippen molar-refractivity contribution in [2.75, 3.05) is 30.5 Å². The molecule has 2 aromatic heterocycles. The van der Waals surface area contributed by atoms with E-state index in [0.717, 1.165) is 54.0 Å². The molecule has 5 heterocycles. The standard InChI is InChI=1S/C24H36FN7O/c1-15-11-23(31-30-15)28-22-14-21-20(6-3-16(26-21)7-10-33)24(29-22)27-17-12-18-4-5-19(13-17)32(18)9-2-8-25/h3,6,14-15,17-19,23,30-31,33H,2,4-5,7-13H2,1H3,(H2,27,28,29)/t15?,17?,18-,19+,23?. The van der Waals surface area contributed by atoms with Gasteiger partial charge in [-0.2, -0.15) is 0 Å². The first-order valence-corrected chi connectivity index (χ1v) is 12.4. The van der Waals surface area contributed by atoms with Gasteiger partial charge in [-0.15, -0.1) is 0 Å². The number of rotatable bonds is 9. The summed E-state index contributed by atoms with van der Waals surface area (Å²) in [6.45, 7) is 2.87. The maximum atomic E-state index is 12.7. The number of hydrazine groups is 1. The number of nitrogens with zero attached hydrogens (tertiary/aromatic N) is 3. The average molecular weight is 458 g/mol. The fraction of sp³-hybridized carbons (Fsp3) is 0.667. The first kappa shape index (κ1) is 22.7. The van der Waals surface area contributed by atoms with Gasteiger partial charge in [0.1, 0.15) is 11.6 Å². The van der Waals surface area contributed by atoms with Crippen molar-refractivity contribution in [3.63, 3.8) is 0 Å². The van der Waals surface area contributed by atoms with Gasteiger partial charge in [-0.05, 0) is 57.6 Å². The van der Waals surface area contributed by atoms with Gasteiger partial charge in [0.25, 0.3) is 0 Å². The highest BCUT2D eigenvalue weighted by Gasteiger charge is 2.40. The van der Waals surface area contributed by atoms with E-state index >= 15 is 0 Å². The number of fused-ring (bicyclic) bond motifs is 3. The number of hydrogen-bond acceptors (Lipinski definition) is 8. The molecule has 3 fully saturated rings. The highest BCUT2D eigenvalue weighted by molar-refractivity contribution is 5.91. The number of hydrogen-bond donors (Lipinski definition) is 5. The lowest BCUT2D eigenvalue weighted by Crippen LogP contribution is -2.47. The molecule has 5 N–H and O–H groups in total. The SMILES string of the molecule is CC1CC(Nc2cc3nc(CCO)ccc3c(NC3C[C@H]4CC[C@@H](C3)N4CCCF)n2)NN1. The quantitative estimate of drug-likeness (QED) is 0.392. The second kappa shape index (κ2) is 10.0. The summed E-state index contributed by atoms with van der Waals surface area (Å²) in [4.78, 5) is 12.3. The van der Waals surface area contributed by atoms with Gasteiger partial charge in [-0.1, -0.05) is 0 Å². The zero-order valence-corrected chi connectivity index (χ0v) is 19.4. The number of nitrogens with one attached hydrogen (secondary N) is 4. The molecule has 0 amide bonds. The zero-order chi connectivity index (χ0) is 22.8. The Morgan fingerprint density at radius 3 is 2.64 bits per heavy atom. The van der Waals surface area contributed by atoms with Gasteiger partial charge in [0.15, 0.2) is 0 Å². The first-order chi connectivity index (χ1) is 16.1. The van der Waals surface area contributed by atoms with Gasteiger partial charge in [-0.3, -0.25) is 19.7 Å². The number of piperidine rings is 1. The summed E-state index contributed by atoms with van der Waals surface area (Å²) in [6, 6.07) is 7.84. The fourth-order valence-corrected chi connectivity index (χ4v) is 5.79. The minimum absolute atomic E-state index is 0.0825. The summed E-state index contributed by atoms with van der Waals surface area (Å²) in [6.07, 6.45) is 6.77. The lowest BCUT2D eigenvalue weighted by molar-refractivity contribution is 0.128. The molecule has 0 saturated carbocycles. The van der Waals surface area contributed by atoms with Crippen LogP contribution in [0.15, 0.2) is 18.2 Å².